The monoisotopic (exact) mass is 289 g/mol. The van der Waals surface area contributed by atoms with Crippen molar-refractivity contribution in [1.82, 2.24) is 5.32 Å². The van der Waals surface area contributed by atoms with Gasteiger partial charge in [0, 0.05) is 6.61 Å². The normalized spacial score (nSPS) is 24.2. The first-order valence-corrected chi connectivity index (χ1v) is 8.51. The van der Waals surface area contributed by atoms with Crippen LogP contribution >= 0.6 is 0 Å². The maximum Gasteiger partial charge on any atom is 0.0848 e. The number of rotatable bonds is 6. The third-order valence-corrected chi connectivity index (χ3v) is 4.45. The summed E-state index contributed by atoms with van der Waals surface area (Å²) in [6, 6.07) is 9.35. The molecule has 0 spiro atoms. The Labute approximate surface area is 130 Å². The smallest absolute Gasteiger partial charge is 0.0848 e. The molecular weight excluding hydrogens is 258 g/mol. The fourth-order valence-corrected chi connectivity index (χ4v) is 3.44. The highest BCUT2D eigenvalue weighted by Gasteiger charge is 2.37. The lowest BCUT2D eigenvalue weighted by Crippen LogP contribution is -2.45. The molecule has 21 heavy (non-hydrogen) atoms. The van der Waals surface area contributed by atoms with Crippen LogP contribution in [0.25, 0.3) is 0 Å². The van der Waals surface area contributed by atoms with Crippen molar-refractivity contribution in [2.45, 2.75) is 65.0 Å². The van der Waals surface area contributed by atoms with Crippen molar-refractivity contribution < 1.29 is 4.74 Å². The summed E-state index contributed by atoms with van der Waals surface area (Å²) in [6.45, 7) is 10.9. The minimum absolute atomic E-state index is 0.0787. The van der Waals surface area contributed by atoms with Crippen molar-refractivity contribution in [3.05, 3.63) is 35.4 Å². The van der Waals surface area contributed by atoms with Gasteiger partial charge in [-0.1, -0.05) is 45.0 Å². The van der Waals surface area contributed by atoms with Crippen molar-refractivity contribution in [3.63, 3.8) is 0 Å². The van der Waals surface area contributed by atoms with Gasteiger partial charge in [0.15, 0.2) is 0 Å². The van der Waals surface area contributed by atoms with E-state index < -0.39 is 0 Å². The first kappa shape index (κ1) is 16.5. The Kier molecular flexibility index (Phi) is 5.83. The molecule has 1 saturated heterocycles. The van der Waals surface area contributed by atoms with Crippen LogP contribution in [0.3, 0.4) is 0 Å². The number of nitrogens with one attached hydrogen (secondary N) is 1. The van der Waals surface area contributed by atoms with E-state index in [-0.39, 0.29) is 11.6 Å². The lowest BCUT2D eigenvalue weighted by atomic mass is 9.83. The lowest BCUT2D eigenvalue weighted by Gasteiger charge is -2.41. The summed E-state index contributed by atoms with van der Waals surface area (Å²) in [5.74, 6) is 0.694. The largest absolute Gasteiger partial charge is 0.373 e. The first-order chi connectivity index (χ1) is 10.0. The van der Waals surface area contributed by atoms with Gasteiger partial charge in [0.25, 0.3) is 0 Å². The molecular formula is C19H31NO. The molecule has 0 bridgehead atoms. The van der Waals surface area contributed by atoms with Crippen molar-refractivity contribution in [1.29, 1.82) is 0 Å². The molecule has 1 fully saturated rings. The number of hydrogen-bond donors (Lipinski definition) is 1. The molecule has 1 aromatic carbocycles. The molecule has 1 aliphatic heterocycles. The fourth-order valence-electron chi connectivity index (χ4n) is 3.44. The molecule has 2 heteroatoms. The second-order valence-electron chi connectivity index (χ2n) is 6.95. The molecule has 1 N–H and O–H groups in total. The average Bonchev–Trinajstić information content (AvgIpc) is 2.45. The lowest BCUT2D eigenvalue weighted by molar-refractivity contribution is -0.0895. The summed E-state index contributed by atoms with van der Waals surface area (Å²) in [6.07, 6.45) is 4.75. The molecule has 0 saturated carbocycles. The van der Waals surface area contributed by atoms with E-state index in [1.54, 1.807) is 0 Å². The van der Waals surface area contributed by atoms with E-state index >= 15 is 0 Å². The van der Waals surface area contributed by atoms with Crippen LogP contribution < -0.4 is 5.32 Å². The van der Waals surface area contributed by atoms with Crippen LogP contribution in [0.2, 0.25) is 0 Å². The summed E-state index contributed by atoms with van der Waals surface area (Å²) in [5, 5.41) is 3.66. The van der Waals surface area contributed by atoms with E-state index in [9.17, 15) is 0 Å². The van der Waals surface area contributed by atoms with E-state index in [0.717, 1.165) is 26.0 Å². The molecule has 1 heterocycles. The molecule has 2 nitrogen and oxygen atoms in total. The topological polar surface area (TPSA) is 21.3 Å². The minimum atomic E-state index is -0.0787. The predicted molar refractivity (Wildman–Crippen MR) is 89.6 cm³/mol. The SMILES string of the molecule is CCNC(c1cccc(CC(C)C)c1)C1(C)CCCCO1. The van der Waals surface area contributed by atoms with E-state index in [1.165, 1.54) is 24.0 Å². The Hall–Kier alpha value is -0.860. The standard InChI is InChI=1S/C19H31NO/c1-5-20-18(19(4)11-6-7-12-21-19)17-10-8-9-16(14-17)13-15(2)3/h8-10,14-15,18,20H,5-7,11-13H2,1-4H3. The molecule has 1 aliphatic rings. The maximum absolute atomic E-state index is 6.19. The number of benzene rings is 1. The predicted octanol–water partition coefficient (Wildman–Crippen LogP) is 4.49. The number of ether oxygens (including phenoxy) is 1. The van der Waals surface area contributed by atoms with Crippen molar-refractivity contribution >= 4 is 0 Å². The van der Waals surface area contributed by atoms with Crippen LogP contribution in [0.5, 0.6) is 0 Å². The van der Waals surface area contributed by atoms with Gasteiger partial charge >= 0.3 is 0 Å². The second-order valence-corrected chi connectivity index (χ2v) is 6.95. The van der Waals surface area contributed by atoms with Gasteiger partial charge in [-0.3, -0.25) is 0 Å². The third-order valence-electron chi connectivity index (χ3n) is 4.45. The molecule has 2 rings (SSSR count). The van der Waals surface area contributed by atoms with Gasteiger partial charge in [-0.2, -0.15) is 0 Å². The summed E-state index contributed by atoms with van der Waals surface area (Å²) in [4.78, 5) is 0. The maximum atomic E-state index is 6.19. The molecule has 2 atom stereocenters. The van der Waals surface area contributed by atoms with Crippen LogP contribution in [0.1, 0.15) is 64.1 Å². The minimum Gasteiger partial charge on any atom is -0.373 e. The van der Waals surface area contributed by atoms with Gasteiger partial charge in [0.2, 0.25) is 0 Å². The van der Waals surface area contributed by atoms with E-state index in [4.69, 9.17) is 4.74 Å². The zero-order valence-electron chi connectivity index (χ0n) is 14.1. The van der Waals surface area contributed by atoms with Crippen LogP contribution in [0, 0.1) is 5.92 Å². The summed E-state index contributed by atoms with van der Waals surface area (Å²) >= 11 is 0. The highest BCUT2D eigenvalue weighted by atomic mass is 16.5. The van der Waals surface area contributed by atoms with Gasteiger partial charge in [-0.15, -0.1) is 0 Å². The fraction of sp³-hybridized carbons (Fsp3) is 0.684. The quantitative estimate of drug-likeness (QED) is 0.833. The van der Waals surface area contributed by atoms with Crippen molar-refractivity contribution in [2.75, 3.05) is 13.2 Å². The molecule has 2 unspecified atom stereocenters. The van der Waals surface area contributed by atoms with Crippen LogP contribution in [-0.2, 0) is 11.2 Å². The van der Waals surface area contributed by atoms with Crippen LogP contribution in [0.15, 0.2) is 24.3 Å². The molecule has 118 valence electrons. The Morgan fingerprint density at radius 3 is 2.71 bits per heavy atom. The second kappa shape index (κ2) is 7.42. The highest BCUT2D eigenvalue weighted by Crippen LogP contribution is 2.36. The van der Waals surface area contributed by atoms with Gasteiger partial charge < -0.3 is 10.1 Å². The van der Waals surface area contributed by atoms with Crippen molar-refractivity contribution in [3.8, 4) is 0 Å². The van der Waals surface area contributed by atoms with Gasteiger partial charge in [0.05, 0.1) is 11.6 Å². The Morgan fingerprint density at radius 2 is 2.10 bits per heavy atom. The highest BCUT2D eigenvalue weighted by molar-refractivity contribution is 5.28. The van der Waals surface area contributed by atoms with E-state index in [2.05, 4.69) is 57.3 Å². The molecule has 0 aliphatic carbocycles. The number of likely N-dealkylation sites (N-methyl/N-ethyl adjacent to an activating group) is 1. The van der Waals surface area contributed by atoms with Gasteiger partial charge in [-0.05, 0) is 56.2 Å². The Balaban J connectivity index is 2.24. The van der Waals surface area contributed by atoms with E-state index in [0.29, 0.717) is 5.92 Å². The van der Waals surface area contributed by atoms with E-state index in [1.807, 2.05) is 0 Å². The number of hydrogen-bond acceptors (Lipinski definition) is 2. The Bertz CT molecular complexity index is 435. The van der Waals surface area contributed by atoms with Crippen LogP contribution in [0.4, 0.5) is 0 Å². The van der Waals surface area contributed by atoms with Gasteiger partial charge in [-0.25, -0.2) is 0 Å². The average molecular weight is 289 g/mol. The summed E-state index contributed by atoms with van der Waals surface area (Å²) in [5.41, 5.74) is 2.73. The summed E-state index contributed by atoms with van der Waals surface area (Å²) < 4.78 is 6.19. The first-order valence-electron chi connectivity index (χ1n) is 8.51. The molecule has 0 radical (unpaired) electrons. The molecule has 0 amide bonds. The Morgan fingerprint density at radius 1 is 1.29 bits per heavy atom. The van der Waals surface area contributed by atoms with Crippen LogP contribution in [-0.4, -0.2) is 18.8 Å². The summed E-state index contributed by atoms with van der Waals surface area (Å²) in [7, 11) is 0. The zero-order chi connectivity index (χ0) is 15.3. The van der Waals surface area contributed by atoms with Gasteiger partial charge in [0.1, 0.15) is 0 Å². The zero-order valence-corrected chi connectivity index (χ0v) is 14.1. The molecule has 1 aromatic rings. The van der Waals surface area contributed by atoms with Crippen molar-refractivity contribution in [2.24, 2.45) is 5.92 Å². The molecule has 0 aromatic heterocycles. The third kappa shape index (κ3) is 4.31.